The van der Waals surface area contributed by atoms with Crippen LogP contribution in [-0.2, 0) is 11.2 Å². The SMILES string of the molecule is COc1cc(CC(=O)C(C)C)cc2oc(Nc3ccccc3Cl)nc12. The van der Waals surface area contributed by atoms with Crippen molar-refractivity contribution in [1.82, 2.24) is 4.98 Å². The van der Waals surface area contributed by atoms with Gasteiger partial charge in [-0.05, 0) is 29.8 Å². The molecule has 0 saturated carbocycles. The van der Waals surface area contributed by atoms with Crippen LogP contribution in [0.4, 0.5) is 11.7 Å². The third-order valence-corrected chi connectivity index (χ3v) is 4.21. The van der Waals surface area contributed by atoms with Crippen LogP contribution in [0, 0.1) is 5.92 Å². The summed E-state index contributed by atoms with van der Waals surface area (Å²) in [6, 6.07) is 11.3. The van der Waals surface area contributed by atoms with Gasteiger partial charge in [0.25, 0.3) is 6.01 Å². The number of oxazole rings is 1. The van der Waals surface area contributed by atoms with Crippen LogP contribution in [-0.4, -0.2) is 17.9 Å². The molecular formula is C19H19ClN2O3. The van der Waals surface area contributed by atoms with Gasteiger partial charge >= 0.3 is 0 Å². The normalized spacial score (nSPS) is 11.1. The number of carbonyl (C=O) groups excluding carboxylic acids is 1. The molecule has 0 saturated heterocycles. The van der Waals surface area contributed by atoms with Crippen LogP contribution in [0.5, 0.6) is 5.75 Å². The fraction of sp³-hybridized carbons (Fsp3) is 0.263. The molecule has 0 atom stereocenters. The molecule has 0 radical (unpaired) electrons. The third-order valence-electron chi connectivity index (χ3n) is 3.88. The topological polar surface area (TPSA) is 64.4 Å². The average Bonchev–Trinajstić information content (AvgIpc) is 2.98. The average molecular weight is 359 g/mol. The van der Waals surface area contributed by atoms with Crippen LogP contribution < -0.4 is 10.1 Å². The number of ketones is 1. The molecule has 0 bridgehead atoms. The Balaban J connectivity index is 1.96. The predicted molar refractivity (Wildman–Crippen MR) is 98.8 cm³/mol. The minimum absolute atomic E-state index is 0.0196. The number of nitrogens with one attached hydrogen (secondary N) is 1. The molecule has 0 fully saturated rings. The number of Topliss-reactive ketones (excluding diaryl/α,β-unsaturated/α-hetero) is 1. The number of methoxy groups -OCH3 is 1. The molecule has 1 N–H and O–H groups in total. The van der Waals surface area contributed by atoms with Crippen LogP contribution in [0.15, 0.2) is 40.8 Å². The molecule has 5 nitrogen and oxygen atoms in total. The van der Waals surface area contributed by atoms with Gasteiger partial charge in [0.05, 0.1) is 17.8 Å². The number of anilines is 2. The van der Waals surface area contributed by atoms with Gasteiger partial charge in [-0.3, -0.25) is 4.79 Å². The molecule has 1 heterocycles. The number of fused-ring (bicyclic) bond motifs is 1. The van der Waals surface area contributed by atoms with Gasteiger partial charge in [0.1, 0.15) is 11.5 Å². The van der Waals surface area contributed by atoms with Crippen LogP contribution >= 0.6 is 11.6 Å². The molecule has 0 amide bonds. The first kappa shape index (κ1) is 17.3. The summed E-state index contributed by atoms with van der Waals surface area (Å²) in [6.45, 7) is 3.77. The number of benzene rings is 2. The van der Waals surface area contributed by atoms with Crippen molar-refractivity contribution in [2.45, 2.75) is 20.3 Å². The molecule has 1 aromatic heterocycles. The Bertz CT molecular complexity index is 918. The molecule has 0 aliphatic carbocycles. The molecule has 3 rings (SSSR count). The minimum atomic E-state index is -0.0196. The van der Waals surface area contributed by atoms with Crippen molar-refractivity contribution >= 4 is 40.2 Å². The van der Waals surface area contributed by atoms with Crippen LogP contribution in [0.1, 0.15) is 19.4 Å². The van der Waals surface area contributed by atoms with Gasteiger partial charge < -0.3 is 14.5 Å². The van der Waals surface area contributed by atoms with Crippen LogP contribution in [0.3, 0.4) is 0 Å². The fourth-order valence-electron chi connectivity index (χ4n) is 2.45. The summed E-state index contributed by atoms with van der Waals surface area (Å²) in [7, 11) is 1.57. The standard InChI is InChI=1S/C19H19ClN2O3/c1-11(2)15(23)8-12-9-16(24-3)18-17(10-12)25-19(22-18)21-14-7-5-4-6-13(14)20/h4-7,9-11H,8H2,1-3H3,(H,21,22). The highest BCUT2D eigenvalue weighted by Gasteiger charge is 2.16. The van der Waals surface area contributed by atoms with E-state index in [1.165, 1.54) is 0 Å². The Morgan fingerprint density at radius 2 is 2.08 bits per heavy atom. The second-order valence-electron chi connectivity index (χ2n) is 6.07. The second kappa shape index (κ2) is 7.15. The highest BCUT2D eigenvalue weighted by atomic mass is 35.5. The van der Waals surface area contributed by atoms with Gasteiger partial charge in [0.15, 0.2) is 11.1 Å². The minimum Gasteiger partial charge on any atom is -0.494 e. The number of hydrogen-bond donors (Lipinski definition) is 1. The van der Waals surface area contributed by atoms with E-state index >= 15 is 0 Å². The first-order valence-corrected chi connectivity index (χ1v) is 8.37. The van der Waals surface area contributed by atoms with Crippen molar-refractivity contribution in [3.63, 3.8) is 0 Å². The maximum Gasteiger partial charge on any atom is 0.300 e. The van der Waals surface area contributed by atoms with Gasteiger partial charge in [0, 0.05) is 12.3 Å². The molecule has 0 aliphatic rings. The lowest BCUT2D eigenvalue weighted by molar-refractivity contribution is -0.121. The van der Waals surface area contributed by atoms with Gasteiger partial charge in [-0.15, -0.1) is 0 Å². The van der Waals surface area contributed by atoms with Crippen molar-refractivity contribution < 1.29 is 13.9 Å². The zero-order valence-corrected chi connectivity index (χ0v) is 15.1. The van der Waals surface area contributed by atoms with Gasteiger partial charge in [0.2, 0.25) is 0 Å². The number of halogens is 1. The Labute approximate surface area is 151 Å². The van der Waals surface area contributed by atoms with E-state index in [1.54, 1.807) is 13.2 Å². The number of aromatic nitrogens is 1. The van der Waals surface area contributed by atoms with E-state index in [0.29, 0.717) is 40.0 Å². The summed E-state index contributed by atoms with van der Waals surface area (Å²) in [5.74, 6) is 0.712. The Morgan fingerprint density at radius 1 is 1.32 bits per heavy atom. The molecule has 3 aromatic rings. The quantitative estimate of drug-likeness (QED) is 0.671. The number of nitrogens with zero attached hydrogens (tertiary/aromatic N) is 1. The highest BCUT2D eigenvalue weighted by Crippen LogP contribution is 2.32. The smallest absolute Gasteiger partial charge is 0.300 e. The fourth-order valence-corrected chi connectivity index (χ4v) is 2.63. The van der Waals surface area contributed by atoms with E-state index in [-0.39, 0.29) is 11.7 Å². The van der Waals surface area contributed by atoms with E-state index in [1.807, 2.05) is 44.2 Å². The summed E-state index contributed by atoms with van der Waals surface area (Å²) in [5, 5.41) is 3.63. The van der Waals surface area contributed by atoms with E-state index < -0.39 is 0 Å². The first-order chi connectivity index (χ1) is 12.0. The number of rotatable bonds is 6. The summed E-state index contributed by atoms with van der Waals surface area (Å²) in [6.07, 6.45) is 0.331. The van der Waals surface area contributed by atoms with Crippen molar-refractivity contribution in [3.8, 4) is 5.75 Å². The first-order valence-electron chi connectivity index (χ1n) is 7.99. The summed E-state index contributed by atoms with van der Waals surface area (Å²) >= 11 is 6.15. The third kappa shape index (κ3) is 3.77. The zero-order valence-electron chi connectivity index (χ0n) is 14.3. The monoisotopic (exact) mass is 358 g/mol. The maximum atomic E-state index is 12.0. The number of hydrogen-bond acceptors (Lipinski definition) is 5. The maximum absolute atomic E-state index is 12.0. The lowest BCUT2D eigenvalue weighted by Crippen LogP contribution is -2.10. The number of carbonyl (C=O) groups is 1. The molecule has 130 valence electrons. The number of ether oxygens (including phenoxy) is 1. The van der Waals surface area contributed by atoms with Crippen LogP contribution in [0.25, 0.3) is 11.1 Å². The molecule has 0 aliphatic heterocycles. The van der Waals surface area contributed by atoms with Gasteiger partial charge in [-0.2, -0.15) is 4.98 Å². The highest BCUT2D eigenvalue weighted by molar-refractivity contribution is 6.33. The van der Waals surface area contributed by atoms with Crippen LogP contribution in [0.2, 0.25) is 5.02 Å². The molecule has 25 heavy (non-hydrogen) atoms. The van der Waals surface area contributed by atoms with E-state index in [4.69, 9.17) is 20.8 Å². The molecule has 0 spiro atoms. The molecule has 6 heteroatoms. The van der Waals surface area contributed by atoms with E-state index in [9.17, 15) is 4.79 Å². The lowest BCUT2D eigenvalue weighted by Gasteiger charge is -2.06. The Morgan fingerprint density at radius 3 is 2.76 bits per heavy atom. The summed E-state index contributed by atoms with van der Waals surface area (Å²) in [4.78, 5) is 16.4. The zero-order chi connectivity index (χ0) is 18.0. The van der Waals surface area contributed by atoms with Crippen molar-refractivity contribution in [2.75, 3.05) is 12.4 Å². The Kier molecular flexibility index (Phi) is 4.95. The van der Waals surface area contributed by atoms with Crippen molar-refractivity contribution in [2.24, 2.45) is 5.92 Å². The van der Waals surface area contributed by atoms with E-state index in [2.05, 4.69) is 10.3 Å². The second-order valence-corrected chi connectivity index (χ2v) is 6.47. The Hall–Kier alpha value is -2.53. The summed E-state index contributed by atoms with van der Waals surface area (Å²) < 4.78 is 11.2. The summed E-state index contributed by atoms with van der Waals surface area (Å²) in [5.41, 5.74) is 2.69. The van der Waals surface area contributed by atoms with E-state index in [0.717, 1.165) is 5.56 Å². The number of para-hydroxylation sites is 1. The lowest BCUT2D eigenvalue weighted by atomic mass is 10.0. The predicted octanol–water partition coefficient (Wildman–Crippen LogP) is 5.00. The molecular weight excluding hydrogens is 340 g/mol. The van der Waals surface area contributed by atoms with Crippen molar-refractivity contribution in [3.05, 3.63) is 47.0 Å². The molecule has 2 aromatic carbocycles. The van der Waals surface area contributed by atoms with Gasteiger partial charge in [-0.25, -0.2) is 0 Å². The molecule has 0 unspecified atom stereocenters. The van der Waals surface area contributed by atoms with Gasteiger partial charge in [-0.1, -0.05) is 37.6 Å². The largest absolute Gasteiger partial charge is 0.494 e. The van der Waals surface area contributed by atoms with Crippen molar-refractivity contribution in [1.29, 1.82) is 0 Å².